The average molecular weight is 304 g/mol. The number of thioether (sulfide) groups is 2. The fraction of sp³-hybridized carbons (Fsp3) is 0.692. The second-order valence-corrected chi connectivity index (χ2v) is 6.91. The van der Waals surface area contributed by atoms with Gasteiger partial charge in [0.2, 0.25) is 0 Å². The number of ether oxygens (including phenoxy) is 2. The van der Waals surface area contributed by atoms with Crippen LogP contribution in [0.3, 0.4) is 0 Å². The lowest BCUT2D eigenvalue weighted by Gasteiger charge is -2.10. The first-order valence-corrected chi connectivity index (χ1v) is 8.34. The van der Waals surface area contributed by atoms with E-state index >= 15 is 0 Å². The summed E-state index contributed by atoms with van der Waals surface area (Å²) in [5.74, 6) is -0.231. The Labute approximate surface area is 122 Å². The summed E-state index contributed by atoms with van der Waals surface area (Å²) in [6.45, 7) is 6.54. The molecule has 0 aliphatic carbocycles. The van der Waals surface area contributed by atoms with E-state index in [0.29, 0.717) is 18.5 Å². The van der Waals surface area contributed by atoms with Crippen molar-refractivity contribution in [3.63, 3.8) is 0 Å². The largest absolute Gasteiger partial charge is 0.462 e. The molecule has 1 heterocycles. The van der Waals surface area contributed by atoms with E-state index in [1.165, 1.54) is 23.5 Å². The van der Waals surface area contributed by atoms with Gasteiger partial charge in [0.05, 0.1) is 17.5 Å². The predicted molar refractivity (Wildman–Crippen MR) is 79.0 cm³/mol. The Balaban J connectivity index is 2.84. The van der Waals surface area contributed by atoms with Crippen molar-refractivity contribution < 1.29 is 19.1 Å². The molecule has 1 aliphatic heterocycles. The molecule has 108 valence electrons. The molecule has 0 radical (unpaired) electrons. The molecule has 1 rings (SSSR count). The smallest absolute Gasteiger partial charge is 0.347 e. The third-order valence-electron chi connectivity index (χ3n) is 2.24. The first-order chi connectivity index (χ1) is 9.10. The molecule has 0 aromatic carbocycles. The van der Waals surface area contributed by atoms with Crippen LogP contribution in [0.2, 0.25) is 0 Å². The molecule has 6 heteroatoms. The fourth-order valence-electron chi connectivity index (χ4n) is 1.36. The van der Waals surface area contributed by atoms with Gasteiger partial charge in [0.25, 0.3) is 0 Å². The van der Waals surface area contributed by atoms with Crippen molar-refractivity contribution in [2.75, 3.05) is 19.0 Å². The van der Waals surface area contributed by atoms with Crippen LogP contribution in [0.15, 0.2) is 9.81 Å². The zero-order valence-corrected chi connectivity index (χ0v) is 13.2. The second kappa shape index (κ2) is 8.53. The zero-order valence-electron chi connectivity index (χ0n) is 11.6. The van der Waals surface area contributed by atoms with Gasteiger partial charge in [-0.25, -0.2) is 9.59 Å². The summed E-state index contributed by atoms with van der Waals surface area (Å²) in [5.41, 5.74) is 0.0706. The van der Waals surface area contributed by atoms with Gasteiger partial charge in [0, 0.05) is 11.0 Å². The number of rotatable bonds is 6. The molecule has 4 nitrogen and oxygen atoms in total. The lowest BCUT2D eigenvalue weighted by molar-refractivity contribution is -0.147. The first-order valence-electron chi connectivity index (χ1n) is 6.48. The van der Waals surface area contributed by atoms with Crippen LogP contribution in [0.1, 0.15) is 33.6 Å². The van der Waals surface area contributed by atoms with Gasteiger partial charge in [-0.3, -0.25) is 0 Å². The van der Waals surface area contributed by atoms with Crippen molar-refractivity contribution in [3.05, 3.63) is 9.81 Å². The maximum Gasteiger partial charge on any atom is 0.347 e. The van der Waals surface area contributed by atoms with Crippen LogP contribution >= 0.6 is 23.5 Å². The average Bonchev–Trinajstić information content (AvgIpc) is 2.80. The first kappa shape index (κ1) is 16.4. The van der Waals surface area contributed by atoms with Crippen molar-refractivity contribution in [1.29, 1.82) is 0 Å². The quantitative estimate of drug-likeness (QED) is 0.325. The summed E-state index contributed by atoms with van der Waals surface area (Å²) in [4.78, 5) is 24.0. The number of hydrogen-bond donors (Lipinski definition) is 0. The van der Waals surface area contributed by atoms with E-state index < -0.39 is 11.9 Å². The Morgan fingerprint density at radius 3 is 2.05 bits per heavy atom. The molecular formula is C13H20O4S2. The van der Waals surface area contributed by atoms with Crippen LogP contribution in [0.25, 0.3) is 0 Å². The SMILES string of the molecule is CCCOC(=O)C(C(=O)OCCC)=C1SC[C@@H](C)S1. The number of carbonyl (C=O) groups is 2. The monoisotopic (exact) mass is 304 g/mol. The zero-order chi connectivity index (χ0) is 14.3. The standard InChI is InChI=1S/C13H20O4S2/c1-4-6-16-11(14)10(12(15)17-7-5-2)13-18-8-9(3)19-13/h9H,4-8H2,1-3H3/t9-/m1/s1. The molecule has 0 aromatic rings. The molecule has 0 spiro atoms. The van der Waals surface area contributed by atoms with Gasteiger partial charge in [-0.2, -0.15) is 0 Å². The highest BCUT2D eigenvalue weighted by Crippen LogP contribution is 2.43. The Hall–Kier alpha value is -0.620. The van der Waals surface area contributed by atoms with Crippen LogP contribution in [-0.2, 0) is 19.1 Å². The molecule has 1 atom stereocenters. The maximum atomic E-state index is 12.0. The fourth-order valence-corrected chi connectivity index (χ4v) is 4.15. The third-order valence-corrected chi connectivity index (χ3v) is 5.22. The maximum absolute atomic E-state index is 12.0. The molecule has 1 saturated heterocycles. The van der Waals surface area contributed by atoms with Crippen molar-refractivity contribution in [2.24, 2.45) is 0 Å². The summed E-state index contributed by atoms with van der Waals surface area (Å²) >= 11 is 3.06. The van der Waals surface area contributed by atoms with Crippen molar-refractivity contribution in [3.8, 4) is 0 Å². The molecule has 0 amide bonds. The number of hydrogen-bond acceptors (Lipinski definition) is 6. The van der Waals surface area contributed by atoms with E-state index in [1.54, 1.807) is 0 Å². The predicted octanol–water partition coefficient (Wildman–Crippen LogP) is 2.97. The molecule has 1 fully saturated rings. The van der Waals surface area contributed by atoms with Crippen LogP contribution in [0.5, 0.6) is 0 Å². The molecule has 19 heavy (non-hydrogen) atoms. The van der Waals surface area contributed by atoms with Crippen LogP contribution in [0.4, 0.5) is 0 Å². The van der Waals surface area contributed by atoms with E-state index in [0.717, 1.165) is 22.8 Å². The Morgan fingerprint density at radius 1 is 1.16 bits per heavy atom. The minimum atomic E-state index is -0.563. The summed E-state index contributed by atoms with van der Waals surface area (Å²) in [6, 6.07) is 0. The number of carbonyl (C=O) groups excluding carboxylic acids is 2. The summed E-state index contributed by atoms with van der Waals surface area (Å²) in [7, 11) is 0. The van der Waals surface area contributed by atoms with Crippen LogP contribution in [-0.4, -0.2) is 36.2 Å². The molecular weight excluding hydrogens is 284 g/mol. The van der Waals surface area contributed by atoms with E-state index in [2.05, 4.69) is 6.92 Å². The van der Waals surface area contributed by atoms with Gasteiger partial charge in [0.15, 0.2) is 5.57 Å². The van der Waals surface area contributed by atoms with E-state index in [1.807, 2.05) is 13.8 Å². The van der Waals surface area contributed by atoms with Crippen LogP contribution in [0, 0.1) is 0 Å². The molecule has 1 aliphatic rings. The lowest BCUT2D eigenvalue weighted by Crippen LogP contribution is -2.20. The minimum Gasteiger partial charge on any atom is -0.462 e. The molecule has 0 unspecified atom stereocenters. The molecule has 0 N–H and O–H groups in total. The van der Waals surface area contributed by atoms with E-state index in [4.69, 9.17) is 9.47 Å². The molecule has 0 saturated carbocycles. The van der Waals surface area contributed by atoms with Gasteiger partial charge in [-0.1, -0.05) is 20.8 Å². The number of esters is 2. The summed E-state index contributed by atoms with van der Waals surface area (Å²) in [5, 5.41) is 0.396. The second-order valence-electron chi connectivity index (χ2n) is 4.17. The normalized spacial score (nSPS) is 18.3. The highest BCUT2D eigenvalue weighted by atomic mass is 32.2. The van der Waals surface area contributed by atoms with Gasteiger partial charge < -0.3 is 9.47 Å². The van der Waals surface area contributed by atoms with E-state index in [-0.39, 0.29) is 5.57 Å². The van der Waals surface area contributed by atoms with Crippen molar-refractivity contribution >= 4 is 35.5 Å². The summed E-state index contributed by atoms with van der Waals surface area (Å²) in [6.07, 6.45) is 1.46. The lowest BCUT2D eigenvalue weighted by atomic mass is 10.3. The van der Waals surface area contributed by atoms with Crippen molar-refractivity contribution in [1.82, 2.24) is 0 Å². The highest BCUT2D eigenvalue weighted by Gasteiger charge is 2.31. The van der Waals surface area contributed by atoms with Gasteiger partial charge >= 0.3 is 11.9 Å². The molecule has 0 bridgehead atoms. The van der Waals surface area contributed by atoms with Gasteiger partial charge in [-0.15, -0.1) is 23.5 Å². The minimum absolute atomic E-state index is 0.0706. The molecule has 0 aromatic heterocycles. The van der Waals surface area contributed by atoms with Crippen LogP contribution < -0.4 is 0 Å². The Bertz CT molecular complexity index is 344. The highest BCUT2D eigenvalue weighted by molar-refractivity contribution is 8.25. The van der Waals surface area contributed by atoms with Crippen molar-refractivity contribution in [2.45, 2.75) is 38.9 Å². The van der Waals surface area contributed by atoms with E-state index in [9.17, 15) is 9.59 Å². The van der Waals surface area contributed by atoms with Gasteiger partial charge in [0.1, 0.15) is 0 Å². The summed E-state index contributed by atoms with van der Waals surface area (Å²) < 4.78 is 10.9. The Morgan fingerprint density at radius 2 is 1.68 bits per heavy atom. The topological polar surface area (TPSA) is 52.6 Å². The van der Waals surface area contributed by atoms with Gasteiger partial charge in [-0.05, 0) is 12.8 Å². The third kappa shape index (κ3) is 5.10. The Kier molecular flexibility index (Phi) is 7.38.